The second-order valence-electron chi connectivity index (χ2n) is 7.00. The van der Waals surface area contributed by atoms with Crippen molar-refractivity contribution in [1.29, 1.82) is 0 Å². The van der Waals surface area contributed by atoms with Crippen LogP contribution in [0.1, 0.15) is 34.8 Å². The summed E-state index contributed by atoms with van der Waals surface area (Å²) < 4.78 is 53.0. The van der Waals surface area contributed by atoms with Gasteiger partial charge in [-0.25, -0.2) is 22.2 Å². The Kier molecular flexibility index (Phi) is 4.77. The van der Waals surface area contributed by atoms with Gasteiger partial charge in [0.15, 0.2) is 9.84 Å². The van der Waals surface area contributed by atoms with Crippen molar-refractivity contribution < 1.29 is 22.0 Å². The maximum atomic E-state index is 13.5. The number of hydrogen-bond donors (Lipinski definition) is 0. The molecule has 152 valence electrons. The van der Waals surface area contributed by atoms with E-state index in [0.717, 1.165) is 18.4 Å². The lowest BCUT2D eigenvalue weighted by atomic mass is 9.94. The van der Waals surface area contributed by atoms with E-state index in [4.69, 9.17) is 0 Å². The minimum Gasteiger partial charge on any atom is -0.338 e. The van der Waals surface area contributed by atoms with Gasteiger partial charge in [-0.2, -0.15) is 14.6 Å². The number of carbonyl (C=O) groups excluding carboxylic acids is 1. The summed E-state index contributed by atoms with van der Waals surface area (Å²) in [7, 11) is -3.61. The number of nitrogens with zero attached hydrogens (tertiary/aromatic N) is 5. The van der Waals surface area contributed by atoms with Gasteiger partial charge >= 0.3 is 0 Å². The molecule has 0 N–H and O–H groups in total. The van der Waals surface area contributed by atoms with Gasteiger partial charge in [0.2, 0.25) is 0 Å². The molecule has 1 fully saturated rings. The Hall–Kier alpha value is -2.95. The number of piperidine rings is 1. The number of likely N-dealkylation sites (tertiary alicyclic amines) is 1. The Morgan fingerprint density at radius 2 is 1.90 bits per heavy atom. The summed E-state index contributed by atoms with van der Waals surface area (Å²) in [5, 5.41) is 4.10. The molecule has 2 aromatic heterocycles. The minimum atomic E-state index is -3.61. The molecule has 1 aliphatic rings. The fourth-order valence-corrected chi connectivity index (χ4v) is 4.56. The Morgan fingerprint density at radius 3 is 2.59 bits per heavy atom. The number of rotatable bonds is 3. The average molecular weight is 421 g/mol. The highest BCUT2D eigenvalue weighted by Crippen LogP contribution is 2.32. The highest BCUT2D eigenvalue weighted by Gasteiger charge is 2.31. The van der Waals surface area contributed by atoms with Gasteiger partial charge in [0, 0.05) is 36.9 Å². The molecule has 0 bridgehead atoms. The molecule has 3 heterocycles. The molecule has 0 saturated carbocycles. The maximum absolute atomic E-state index is 13.5. The lowest BCUT2D eigenvalue weighted by Gasteiger charge is -2.33. The monoisotopic (exact) mass is 421 g/mol. The summed E-state index contributed by atoms with van der Waals surface area (Å²) in [5.74, 6) is -2.29. The van der Waals surface area contributed by atoms with Gasteiger partial charge in [0.1, 0.15) is 22.9 Å². The highest BCUT2D eigenvalue weighted by atomic mass is 32.2. The van der Waals surface area contributed by atoms with Crippen LogP contribution in [0.25, 0.3) is 5.78 Å². The van der Waals surface area contributed by atoms with Crippen LogP contribution in [0.4, 0.5) is 8.78 Å². The van der Waals surface area contributed by atoms with Crippen molar-refractivity contribution >= 4 is 21.5 Å². The van der Waals surface area contributed by atoms with Crippen LogP contribution in [-0.4, -0.2) is 58.2 Å². The standard InChI is InChI=1S/C18H17F2N5O3S/c1-29(27,28)15-8-21-18-22-10-23-25(18)16(15)11-3-2-4-24(9-11)17(26)12-5-13(19)7-14(20)6-12/h5-8,10-11H,2-4,9H2,1H3/t11-/m1/s1. The molecule has 4 rings (SSSR count). The second kappa shape index (κ2) is 7.14. The van der Waals surface area contributed by atoms with Gasteiger partial charge in [-0.3, -0.25) is 4.79 Å². The van der Waals surface area contributed by atoms with Gasteiger partial charge in [-0.15, -0.1) is 0 Å². The zero-order chi connectivity index (χ0) is 20.8. The van der Waals surface area contributed by atoms with Crippen molar-refractivity contribution in [3.8, 4) is 0 Å². The van der Waals surface area contributed by atoms with E-state index in [9.17, 15) is 22.0 Å². The molecule has 0 spiro atoms. The molecular weight excluding hydrogens is 404 g/mol. The normalized spacial score (nSPS) is 17.6. The van der Waals surface area contributed by atoms with E-state index in [1.807, 2.05) is 0 Å². The minimum absolute atomic E-state index is 0.0200. The molecule has 8 nitrogen and oxygen atoms in total. The Bertz CT molecular complexity index is 1190. The van der Waals surface area contributed by atoms with Gasteiger partial charge < -0.3 is 4.90 Å². The number of sulfone groups is 1. The van der Waals surface area contributed by atoms with Crippen LogP contribution in [0.3, 0.4) is 0 Å². The zero-order valence-corrected chi connectivity index (χ0v) is 16.2. The van der Waals surface area contributed by atoms with Crippen LogP contribution < -0.4 is 0 Å². The first kappa shape index (κ1) is 19.4. The van der Waals surface area contributed by atoms with Crippen LogP contribution >= 0.6 is 0 Å². The first-order valence-corrected chi connectivity index (χ1v) is 10.8. The molecular formula is C18H17F2N5O3S. The van der Waals surface area contributed by atoms with E-state index in [-0.39, 0.29) is 28.7 Å². The van der Waals surface area contributed by atoms with Crippen molar-refractivity contribution in [2.75, 3.05) is 19.3 Å². The van der Waals surface area contributed by atoms with Crippen molar-refractivity contribution in [2.45, 2.75) is 23.7 Å². The molecule has 1 saturated heterocycles. The fraction of sp³-hybridized carbons (Fsp3) is 0.333. The molecule has 1 aliphatic heterocycles. The molecule has 1 amide bonds. The van der Waals surface area contributed by atoms with Crippen molar-refractivity contribution in [2.24, 2.45) is 0 Å². The largest absolute Gasteiger partial charge is 0.338 e. The predicted molar refractivity (Wildman–Crippen MR) is 98.1 cm³/mol. The summed E-state index contributed by atoms with van der Waals surface area (Å²) >= 11 is 0. The smallest absolute Gasteiger partial charge is 0.254 e. The SMILES string of the molecule is CS(=O)(=O)c1cnc2ncnn2c1[C@@H]1CCCN(C(=O)c2cc(F)cc(F)c2)C1. The van der Waals surface area contributed by atoms with E-state index in [0.29, 0.717) is 31.1 Å². The Morgan fingerprint density at radius 1 is 1.17 bits per heavy atom. The average Bonchev–Trinajstić information content (AvgIpc) is 3.14. The second-order valence-corrected chi connectivity index (χ2v) is 8.98. The zero-order valence-electron chi connectivity index (χ0n) is 15.4. The fourth-order valence-electron chi connectivity index (χ4n) is 3.68. The summed E-state index contributed by atoms with van der Waals surface area (Å²) in [6.07, 6.45) is 4.81. The van der Waals surface area contributed by atoms with Gasteiger partial charge in [0.05, 0.1) is 11.9 Å². The van der Waals surface area contributed by atoms with Gasteiger partial charge in [-0.05, 0) is 25.0 Å². The van der Waals surface area contributed by atoms with Gasteiger partial charge in [0.25, 0.3) is 11.7 Å². The predicted octanol–water partition coefficient (Wildman–Crippen LogP) is 1.83. The number of aromatic nitrogens is 4. The molecule has 1 aromatic carbocycles. The summed E-state index contributed by atoms with van der Waals surface area (Å²) in [6, 6.07) is 2.67. The Labute approximate surface area is 165 Å². The van der Waals surface area contributed by atoms with Crippen molar-refractivity contribution in [1.82, 2.24) is 24.5 Å². The first-order chi connectivity index (χ1) is 13.7. The van der Waals surface area contributed by atoms with E-state index in [2.05, 4.69) is 15.1 Å². The summed E-state index contributed by atoms with van der Waals surface area (Å²) in [4.78, 5) is 22.3. The number of amides is 1. The van der Waals surface area contributed by atoms with E-state index in [1.165, 1.54) is 21.9 Å². The highest BCUT2D eigenvalue weighted by molar-refractivity contribution is 7.90. The third-order valence-corrected chi connectivity index (χ3v) is 6.03. The van der Waals surface area contributed by atoms with Gasteiger partial charge in [-0.1, -0.05) is 0 Å². The number of benzene rings is 1. The van der Waals surface area contributed by atoms with E-state index < -0.39 is 27.4 Å². The number of hydrogen-bond acceptors (Lipinski definition) is 6. The molecule has 3 aromatic rings. The quantitative estimate of drug-likeness (QED) is 0.640. The summed E-state index contributed by atoms with van der Waals surface area (Å²) in [5.41, 5.74) is 0.310. The van der Waals surface area contributed by atoms with Crippen LogP contribution in [0.5, 0.6) is 0 Å². The number of halogens is 2. The molecule has 11 heteroatoms. The van der Waals surface area contributed by atoms with Crippen LogP contribution in [-0.2, 0) is 9.84 Å². The van der Waals surface area contributed by atoms with Crippen LogP contribution in [0.2, 0.25) is 0 Å². The molecule has 0 aliphatic carbocycles. The lowest BCUT2D eigenvalue weighted by molar-refractivity contribution is 0.0703. The molecule has 1 atom stereocenters. The Balaban J connectivity index is 1.72. The summed E-state index contributed by atoms with van der Waals surface area (Å²) in [6.45, 7) is 0.575. The van der Waals surface area contributed by atoms with Crippen molar-refractivity contribution in [3.05, 3.63) is 53.6 Å². The lowest BCUT2D eigenvalue weighted by Crippen LogP contribution is -2.40. The van der Waals surface area contributed by atoms with E-state index in [1.54, 1.807) is 0 Å². The van der Waals surface area contributed by atoms with Crippen LogP contribution in [0.15, 0.2) is 35.6 Å². The molecule has 0 radical (unpaired) electrons. The third-order valence-electron chi connectivity index (χ3n) is 4.91. The third kappa shape index (κ3) is 3.69. The van der Waals surface area contributed by atoms with E-state index >= 15 is 0 Å². The molecule has 29 heavy (non-hydrogen) atoms. The molecule has 0 unspecified atom stereocenters. The van der Waals surface area contributed by atoms with Crippen LogP contribution in [0, 0.1) is 11.6 Å². The topological polar surface area (TPSA) is 97.5 Å². The number of fused-ring (bicyclic) bond motifs is 1. The number of carbonyl (C=O) groups is 1. The first-order valence-electron chi connectivity index (χ1n) is 8.88. The van der Waals surface area contributed by atoms with Crippen molar-refractivity contribution in [3.63, 3.8) is 0 Å². The maximum Gasteiger partial charge on any atom is 0.254 e.